The van der Waals surface area contributed by atoms with Crippen LogP contribution in [0, 0.1) is 0 Å². The van der Waals surface area contributed by atoms with Crippen LogP contribution in [-0.2, 0) is 4.79 Å². The van der Waals surface area contributed by atoms with Crippen LogP contribution in [-0.4, -0.2) is 16.1 Å². The molecule has 1 N–H and O–H groups in total. The number of phenols is 1. The quantitative estimate of drug-likeness (QED) is 0.783. The van der Waals surface area contributed by atoms with Crippen LogP contribution < -0.4 is 5.11 Å². The third-order valence-corrected chi connectivity index (χ3v) is 4.51. The summed E-state index contributed by atoms with van der Waals surface area (Å²) >= 11 is 1.54. The standard InChI is InChI=1S/C18H15NO3S/c20-14-8-5-12(6-9-14)11-13(7-10-17(21)22)18-19-15-3-1-2-4-16(15)23-18/h1-6,8-9,11,20H,7,10H2,(H,21,22)/p-1/b13-11+. The van der Waals surface area contributed by atoms with Gasteiger partial charge in [-0.2, -0.15) is 0 Å². The Balaban J connectivity index is 2.00. The van der Waals surface area contributed by atoms with Crippen molar-refractivity contribution in [1.82, 2.24) is 4.98 Å². The molecular formula is C18H14NO3S-. The first-order valence-corrected chi connectivity index (χ1v) is 7.99. The number of fused-ring (bicyclic) bond motifs is 1. The van der Waals surface area contributed by atoms with Gasteiger partial charge >= 0.3 is 0 Å². The van der Waals surface area contributed by atoms with E-state index in [-0.39, 0.29) is 12.2 Å². The second-order valence-corrected chi connectivity index (χ2v) is 6.15. The van der Waals surface area contributed by atoms with Crippen molar-refractivity contribution < 1.29 is 15.0 Å². The third kappa shape index (κ3) is 3.76. The third-order valence-electron chi connectivity index (χ3n) is 3.40. The van der Waals surface area contributed by atoms with Gasteiger partial charge in [-0.25, -0.2) is 4.98 Å². The number of rotatable bonds is 5. The van der Waals surface area contributed by atoms with E-state index in [0.717, 1.165) is 26.4 Å². The van der Waals surface area contributed by atoms with Crippen LogP contribution in [0.5, 0.6) is 5.75 Å². The molecule has 0 bridgehead atoms. The number of carboxylic acids is 1. The van der Waals surface area contributed by atoms with Gasteiger partial charge < -0.3 is 15.0 Å². The fourth-order valence-electron chi connectivity index (χ4n) is 2.26. The van der Waals surface area contributed by atoms with E-state index in [1.54, 1.807) is 24.3 Å². The highest BCUT2D eigenvalue weighted by Crippen LogP contribution is 2.31. The molecule has 0 aliphatic carbocycles. The molecule has 0 unspecified atom stereocenters. The number of nitrogens with zero attached hydrogens (tertiary/aromatic N) is 1. The molecule has 0 fully saturated rings. The summed E-state index contributed by atoms with van der Waals surface area (Å²) in [6.45, 7) is 0. The predicted octanol–water partition coefficient (Wildman–Crippen LogP) is 3.07. The van der Waals surface area contributed by atoms with E-state index in [9.17, 15) is 15.0 Å². The van der Waals surface area contributed by atoms with Gasteiger partial charge in [0.15, 0.2) is 0 Å². The van der Waals surface area contributed by atoms with E-state index >= 15 is 0 Å². The van der Waals surface area contributed by atoms with Crippen molar-refractivity contribution in [3.63, 3.8) is 0 Å². The minimum atomic E-state index is -1.08. The summed E-state index contributed by atoms with van der Waals surface area (Å²) in [6, 6.07) is 14.6. The SMILES string of the molecule is O=C([O-])CC/C(=C\c1ccc(O)cc1)c1nc2ccccc2s1. The van der Waals surface area contributed by atoms with E-state index in [0.29, 0.717) is 6.42 Å². The molecular weight excluding hydrogens is 310 g/mol. The first-order chi connectivity index (χ1) is 11.1. The number of aliphatic carboxylic acids is 1. The minimum Gasteiger partial charge on any atom is -0.550 e. The molecule has 1 aromatic heterocycles. The van der Waals surface area contributed by atoms with Crippen molar-refractivity contribution >= 4 is 39.2 Å². The van der Waals surface area contributed by atoms with Gasteiger partial charge in [-0.15, -0.1) is 11.3 Å². The largest absolute Gasteiger partial charge is 0.550 e. The summed E-state index contributed by atoms with van der Waals surface area (Å²) in [4.78, 5) is 15.4. The number of para-hydroxylation sites is 1. The Kier molecular flexibility index (Phi) is 4.39. The zero-order valence-corrected chi connectivity index (χ0v) is 13.0. The van der Waals surface area contributed by atoms with Crippen LogP contribution >= 0.6 is 11.3 Å². The summed E-state index contributed by atoms with van der Waals surface area (Å²) in [5.74, 6) is -0.888. The number of thiazole rings is 1. The van der Waals surface area contributed by atoms with Crippen molar-refractivity contribution in [2.45, 2.75) is 12.8 Å². The normalized spacial score (nSPS) is 11.7. The topological polar surface area (TPSA) is 73.2 Å². The number of hydrogen-bond acceptors (Lipinski definition) is 5. The zero-order chi connectivity index (χ0) is 16.2. The highest BCUT2D eigenvalue weighted by Gasteiger charge is 2.09. The van der Waals surface area contributed by atoms with Crippen molar-refractivity contribution in [3.8, 4) is 5.75 Å². The van der Waals surface area contributed by atoms with Gasteiger partial charge in [0.05, 0.1) is 10.2 Å². The first-order valence-electron chi connectivity index (χ1n) is 7.17. The van der Waals surface area contributed by atoms with Crippen LogP contribution in [0.1, 0.15) is 23.4 Å². The maximum atomic E-state index is 10.8. The number of benzene rings is 2. The van der Waals surface area contributed by atoms with Gasteiger partial charge in [0.25, 0.3) is 0 Å². The summed E-state index contributed by atoms with van der Waals surface area (Å²) in [7, 11) is 0. The number of aromatic hydroxyl groups is 1. The first kappa shape index (κ1) is 15.2. The monoisotopic (exact) mass is 324 g/mol. The average molecular weight is 324 g/mol. The maximum absolute atomic E-state index is 10.8. The van der Waals surface area contributed by atoms with Crippen LogP contribution in [0.25, 0.3) is 21.9 Å². The molecule has 3 aromatic rings. The molecule has 116 valence electrons. The van der Waals surface area contributed by atoms with Gasteiger partial charge in [0.1, 0.15) is 10.8 Å². The zero-order valence-electron chi connectivity index (χ0n) is 12.2. The number of carboxylic acid groups (broad SMARTS) is 1. The van der Waals surface area contributed by atoms with E-state index < -0.39 is 5.97 Å². The molecule has 0 amide bonds. The van der Waals surface area contributed by atoms with Crippen LogP contribution in [0.15, 0.2) is 48.5 Å². The number of carbonyl (C=O) groups excluding carboxylic acids is 1. The van der Waals surface area contributed by atoms with Gasteiger partial charge in [0, 0.05) is 5.97 Å². The molecule has 1 heterocycles. The molecule has 0 spiro atoms. The molecule has 0 aliphatic heterocycles. The van der Waals surface area contributed by atoms with E-state index in [4.69, 9.17) is 0 Å². The Morgan fingerprint density at radius 3 is 2.57 bits per heavy atom. The highest BCUT2D eigenvalue weighted by molar-refractivity contribution is 7.19. The summed E-state index contributed by atoms with van der Waals surface area (Å²) in [5, 5.41) is 21.0. The molecule has 0 radical (unpaired) electrons. The molecule has 2 aromatic carbocycles. The number of phenolic OH excluding ortho intramolecular Hbond substituents is 1. The number of allylic oxidation sites excluding steroid dienone is 1. The molecule has 23 heavy (non-hydrogen) atoms. The molecule has 0 saturated carbocycles. The predicted molar refractivity (Wildman–Crippen MR) is 89.8 cm³/mol. The Morgan fingerprint density at radius 1 is 1.13 bits per heavy atom. The van der Waals surface area contributed by atoms with Crippen LogP contribution in [0.2, 0.25) is 0 Å². The molecule has 4 nitrogen and oxygen atoms in total. The summed E-state index contributed by atoms with van der Waals surface area (Å²) < 4.78 is 1.06. The highest BCUT2D eigenvalue weighted by atomic mass is 32.1. The molecule has 0 atom stereocenters. The van der Waals surface area contributed by atoms with Gasteiger partial charge in [-0.1, -0.05) is 24.3 Å². The molecule has 0 aliphatic rings. The lowest BCUT2D eigenvalue weighted by atomic mass is 10.1. The molecule has 0 saturated heterocycles. The van der Waals surface area contributed by atoms with Crippen molar-refractivity contribution in [2.24, 2.45) is 0 Å². The van der Waals surface area contributed by atoms with Crippen LogP contribution in [0.4, 0.5) is 0 Å². The fraction of sp³-hybridized carbons (Fsp3) is 0.111. The Bertz CT molecular complexity index is 832. The Morgan fingerprint density at radius 2 is 1.87 bits per heavy atom. The number of hydrogen-bond donors (Lipinski definition) is 1. The molecule has 3 rings (SSSR count). The lowest BCUT2D eigenvalue weighted by Gasteiger charge is -2.06. The minimum absolute atomic E-state index is 0.0557. The summed E-state index contributed by atoms with van der Waals surface area (Å²) in [6.07, 6.45) is 2.20. The fourth-order valence-corrected chi connectivity index (χ4v) is 3.27. The molecule has 5 heteroatoms. The van der Waals surface area contributed by atoms with Crippen molar-refractivity contribution in [3.05, 3.63) is 59.1 Å². The Hall–Kier alpha value is -2.66. The van der Waals surface area contributed by atoms with Gasteiger partial charge in [-0.3, -0.25) is 0 Å². The maximum Gasteiger partial charge on any atom is 0.120 e. The summed E-state index contributed by atoms with van der Waals surface area (Å²) in [5.41, 5.74) is 2.63. The second kappa shape index (κ2) is 6.62. The van der Waals surface area contributed by atoms with E-state index in [1.165, 1.54) is 11.3 Å². The van der Waals surface area contributed by atoms with Crippen molar-refractivity contribution in [2.75, 3.05) is 0 Å². The van der Waals surface area contributed by atoms with Gasteiger partial charge in [-0.05, 0) is 54.3 Å². The van der Waals surface area contributed by atoms with E-state index in [2.05, 4.69) is 4.98 Å². The Labute approximate surface area is 137 Å². The van der Waals surface area contributed by atoms with Gasteiger partial charge in [0.2, 0.25) is 0 Å². The second-order valence-electron chi connectivity index (χ2n) is 5.12. The lowest BCUT2D eigenvalue weighted by molar-refractivity contribution is -0.305. The van der Waals surface area contributed by atoms with Crippen LogP contribution in [0.3, 0.4) is 0 Å². The average Bonchev–Trinajstić information content (AvgIpc) is 2.97. The van der Waals surface area contributed by atoms with E-state index in [1.807, 2.05) is 30.3 Å². The number of carbonyl (C=O) groups is 1. The lowest BCUT2D eigenvalue weighted by Crippen LogP contribution is -2.21. The van der Waals surface area contributed by atoms with Crippen molar-refractivity contribution in [1.29, 1.82) is 0 Å². The smallest absolute Gasteiger partial charge is 0.120 e. The number of aromatic nitrogens is 1.